The molecule has 82 valence electrons. The van der Waals surface area contributed by atoms with Crippen molar-refractivity contribution in [2.24, 2.45) is 5.73 Å². The Balaban J connectivity index is 2.31. The van der Waals surface area contributed by atoms with Crippen LogP contribution >= 0.6 is 0 Å². The Hall–Kier alpha value is -0.810. The molecular formula is C9H20N4O. The van der Waals surface area contributed by atoms with Gasteiger partial charge in [-0.05, 0) is 6.92 Å². The van der Waals surface area contributed by atoms with E-state index in [9.17, 15) is 4.79 Å². The highest BCUT2D eigenvalue weighted by molar-refractivity contribution is 5.71. The monoisotopic (exact) mass is 200 g/mol. The number of hydrogen-bond acceptors (Lipinski definition) is 3. The average Bonchev–Trinajstić information content (AvgIpc) is 2.18. The van der Waals surface area contributed by atoms with Gasteiger partial charge >= 0.3 is 6.03 Å². The van der Waals surface area contributed by atoms with Crippen molar-refractivity contribution < 1.29 is 4.79 Å². The molecule has 1 unspecified atom stereocenters. The summed E-state index contributed by atoms with van der Waals surface area (Å²) in [5.74, 6) is 0. The number of piperazine rings is 1. The van der Waals surface area contributed by atoms with Crippen LogP contribution in [-0.4, -0.2) is 61.6 Å². The summed E-state index contributed by atoms with van der Waals surface area (Å²) in [5.41, 5.74) is 5.20. The summed E-state index contributed by atoms with van der Waals surface area (Å²) in [4.78, 5) is 14.8. The van der Waals surface area contributed by atoms with Gasteiger partial charge in [0.15, 0.2) is 0 Å². The molecule has 1 rings (SSSR count). The van der Waals surface area contributed by atoms with Gasteiger partial charge in [-0.1, -0.05) is 0 Å². The van der Waals surface area contributed by atoms with Crippen LogP contribution in [-0.2, 0) is 0 Å². The van der Waals surface area contributed by atoms with Crippen molar-refractivity contribution in [1.29, 1.82) is 0 Å². The van der Waals surface area contributed by atoms with Gasteiger partial charge in [-0.2, -0.15) is 0 Å². The Morgan fingerprint density at radius 2 is 2.14 bits per heavy atom. The number of nitrogens with one attached hydrogen (secondary N) is 1. The lowest BCUT2D eigenvalue weighted by Crippen LogP contribution is -2.50. The summed E-state index contributed by atoms with van der Waals surface area (Å²) in [6, 6.07) is -0.168. The average molecular weight is 200 g/mol. The van der Waals surface area contributed by atoms with Gasteiger partial charge in [0.05, 0.1) is 0 Å². The molecule has 5 nitrogen and oxygen atoms in total. The Bertz CT molecular complexity index is 191. The standard InChI is InChI=1S/C9H20N4O/c1-8(12(2)9(10)14)7-13-5-3-11-4-6-13/h8,11H,3-7H2,1-2H3,(H2,10,14). The first-order valence-electron chi connectivity index (χ1n) is 5.06. The van der Waals surface area contributed by atoms with Crippen LogP contribution in [0.3, 0.4) is 0 Å². The van der Waals surface area contributed by atoms with Crippen molar-refractivity contribution in [3.05, 3.63) is 0 Å². The molecule has 0 spiro atoms. The van der Waals surface area contributed by atoms with Crippen LogP contribution in [0.25, 0.3) is 0 Å². The maximum atomic E-state index is 10.9. The molecule has 1 saturated heterocycles. The number of urea groups is 1. The summed E-state index contributed by atoms with van der Waals surface area (Å²) in [7, 11) is 1.75. The Kier molecular flexibility index (Phi) is 4.16. The summed E-state index contributed by atoms with van der Waals surface area (Å²) in [6.45, 7) is 7.10. The molecule has 2 amide bonds. The number of hydrogen-bond donors (Lipinski definition) is 2. The molecule has 0 aliphatic carbocycles. The van der Waals surface area contributed by atoms with Crippen LogP contribution in [0.15, 0.2) is 0 Å². The fraction of sp³-hybridized carbons (Fsp3) is 0.889. The topological polar surface area (TPSA) is 61.6 Å². The number of rotatable bonds is 3. The number of nitrogens with two attached hydrogens (primary N) is 1. The first-order valence-corrected chi connectivity index (χ1v) is 5.06. The molecule has 1 heterocycles. The van der Waals surface area contributed by atoms with Crippen molar-refractivity contribution in [2.75, 3.05) is 39.8 Å². The Morgan fingerprint density at radius 3 is 2.64 bits per heavy atom. The highest BCUT2D eigenvalue weighted by Crippen LogP contribution is 2.00. The van der Waals surface area contributed by atoms with E-state index in [-0.39, 0.29) is 12.1 Å². The Labute approximate surface area is 85.2 Å². The summed E-state index contributed by atoms with van der Waals surface area (Å²) in [6.07, 6.45) is 0. The minimum atomic E-state index is -0.354. The van der Waals surface area contributed by atoms with Gasteiger partial charge < -0.3 is 16.0 Å². The lowest BCUT2D eigenvalue weighted by molar-refractivity contribution is 0.164. The van der Waals surface area contributed by atoms with Gasteiger partial charge in [0.2, 0.25) is 0 Å². The largest absolute Gasteiger partial charge is 0.351 e. The van der Waals surface area contributed by atoms with Crippen LogP contribution < -0.4 is 11.1 Å². The molecule has 1 aliphatic rings. The van der Waals surface area contributed by atoms with Crippen molar-refractivity contribution in [1.82, 2.24) is 15.1 Å². The van der Waals surface area contributed by atoms with Gasteiger partial charge in [-0.3, -0.25) is 4.90 Å². The zero-order valence-corrected chi connectivity index (χ0v) is 8.99. The van der Waals surface area contributed by atoms with E-state index >= 15 is 0 Å². The third-order valence-corrected chi connectivity index (χ3v) is 2.74. The predicted octanol–water partition coefficient (Wildman–Crippen LogP) is -0.709. The second-order valence-electron chi connectivity index (χ2n) is 3.85. The molecule has 1 aliphatic heterocycles. The molecule has 1 fully saturated rings. The van der Waals surface area contributed by atoms with Crippen molar-refractivity contribution in [2.45, 2.75) is 13.0 Å². The van der Waals surface area contributed by atoms with E-state index in [4.69, 9.17) is 5.73 Å². The number of nitrogens with zero attached hydrogens (tertiary/aromatic N) is 2. The Morgan fingerprint density at radius 1 is 1.57 bits per heavy atom. The molecule has 0 aromatic heterocycles. The second-order valence-corrected chi connectivity index (χ2v) is 3.85. The maximum absolute atomic E-state index is 10.9. The van der Waals surface area contributed by atoms with Crippen LogP contribution in [0, 0.1) is 0 Å². The van der Waals surface area contributed by atoms with Crippen molar-refractivity contribution in [3.8, 4) is 0 Å². The number of carbonyl (C=O) groups is 1. The summed E-state index contributed by atoms with van der Waals surface area (Å²) >= 11 is 0. The lowest BCUT2D eigenvalue weighted by atomic mass is 10.2. The van der Waals surface area contributed by atoms with Crippen LogP contribution in [0.5, 0.6) is 0 Å². The van der Waals surface area contributed by atoms with Gasteiger partial charge in [0.25, 0.3) is 0 Å². The zero-order valence-electron chi connectivity index (χ0n) is 8.99. The third kappa shape index (κ3) is 3.16. The van der Waals surface area contributed by atoms with E-state index in [1.807, 2.05) is 6.92 Å². The van der Waals surface area contributed by atoms with E-state index < -0.39 is 0 Å². The lowest BCUT2D eigenvalue weighted by Gasteiger charge is -2.32. The fourth-order valence-electron chi connectivity index (χ4n) is 1.61. The zero-order chi connectivity index (χ0) is 10.6. The minimum absolute atomic E-state index is 0.186. The van der Waals surface area contributed by atoms with Gasteiger partial charge in [0, 0.05) is 45.8 Å². The van der Waals surface area contributed by atoms with E-state index in [0.29, 0.717) is 0 Å². The highest BCUT2D eigenvalue weighted by atomic mass is 16.2. The number of carbonyl (C=O) groups excluding carboxylic acids is 1. The molecule has 5 heteroatoms. The molecular weight excluding hydrogens is 180 g/mol. The van der Waals surface area contributed by atoms with Gasteiger partial charge in [-0.15, -0.1) is 0 Å². The molecule has 1 atom stereocenters. The SMILES string of the molecule is CC(CN1CCNCC1)N(C)C(N)=O. The van der Waals surface area contributed by atoms with Crippen molar-refractivity contribution >= 4 is 6.03 Å². The number of amides is 2. The molecule has 3 N–H and O–H groups in total. The first kappa shape index (κ1) is 11.3. The van der Waals surface area contributed by atoms with Gasteiger partial charge in [-0.25, -0.2) is 4.79 Å². The second kappa shape index (κ2) is 5.17. The van der Waals surface area contributed by atoms with E-state index in [2.05, 4.69) is 10.2 Å². The van der Waals surface area contributed by atoms with E-state index in [1.165, 1.54) is 0 Å². The third-order valence-electron chi connectivity index (χ3n) is 2.74. The van der Waals surface area contributed by atoms with E-state index in [1.54, 1.807) is 11.9 Å². The van der Waals surface area contributed by atoms with Crippen LogP contribution in [0.4, 0.5) is 4.79 Å². The molecule has 0 aromatic carbocycles. The molecule has 14 heavy (non-hydrogen) atoms. The highest BCUT2D eigenvalue weighted by Gasteiger charge is 2.17. The normalized spacial score (nSPS) is 20.4. The van der Waals surface area contributed by atoms with Crippen LogP contribution in [0.1, 0.15) is 6.92 Å². The molecule has 0 bridgehead atoms. The molecule has 0 saturated carbocycles. The quantitative estimate of drug-likeness (QED) is 0.632. The molecule has 0 aromatic rings. The van der Waals surface area contributed by atoms with Crippen LogP contribution in [0.2, 0.25) is 0 Å². The first-order chi connectivity index (χ1) is 6.61. The van der Waals surface area contributed by atoms with E-state index in [0.717, 1.165) is 32.7 Å². The summed E-state index contributed by atoms with van der Waals surface area (Å²) in [5, 5.41) is 3.29. The smallest absolute Gasteiger partial charge is 0.314 e. The molecule has 0 radical (unpaired) electrons. The predicted molar refractivity (Wildman–Crippen MR) is 56.1 cm³/mol. The van der Waals surface area contributed by atoms with Crippen molar-refractivity contribution in [3.63, 3.8) is 0 Å². The maximum Gasteiger partial charge on any atom is 0.314 e. The number of primary amides is 1. The fourth-order valence-corrected chi connectivity index (χ4v) is 1.61. The minimum Gasteiger partial charge on any atom is -0.351 e. The summed E-state index contributed by atoms with van der Waals surface area (Å²) < 4.78 is 0. The van der Waals surface area contributed by atoms with Gasteiger partial charge in [0.1, 0.15) is 0 Å². The number of likely N-dealkylation sites (N-methyl/N-ethyl adjacent to an activating group) is 1.